The summed E-state index contributed by atoms with van der Waals surface area (Å²) < 4.78 is 18.9. The minimum absolute atomic E-state index is 0.0878. The standard InChI is InChI=1S/C29H35N3O5.C28H33N3O5/c1-18(2)12-24(32-11-10-19(3)13-26(32)33)29(35)31-23(15-27(34)37-6)21-14-22(17-30-16-21)28-20(4)8-7-9-25(28)36-5;1-17(2)11-23(31-10-9-18(3)12-25(31)32)28(35)30-22(14-26(33)34)20-13-21(16-29-15-20)27-19(4)7-6-8-24(27)36-5/h7-11,13-14,16-18,23-24H,12,15H2,1-6H3,(H,31,35);6-10,12-13,15-17,22-23H,11,14H2,1-5H3,(H,30,35)(H,33,34)/t23-,24?;22-,23?/m00/s1. The molecule has 0 saturated heterocycles. The topological polar surface area (TPSA) is 210 Å². The summed E-state index contributed by atoms with van der Waals surface area (Å²) in [4.78, 5) is 85.3. The maximum atomic E-state index is 13.6. The van der Waals surface area contributed by atoms with E-state index in [4.69, 9.17) is 14.2 Å². The van der Waals surface area contributed by atoms with Gasteiger partial charge in [0.1, 0.15) is 23.6 Å². The summed E-state index contributed by atoms with van der Waals surface area (Å²) in [5, 5.41) is 15.5. The SMILES string of the molecule is COC(=O)C[C@H](NC(=O)C(CC(C)C)n1ccc(C)cc1=O)c1cncc(-c2c(C)cccc2OC)c1.COc1cccc(C)c1-c1cncc([C@H](CC(=O)O)NC(=O)C(CC(C)C)n2ccc(C)cc2=O)c1. The van der Waals surface area contributed by atoms with Gasteiger partial charge in [-0.15, -0.1) is 0 Å². The van der Waals surface area contributed by atoms with Crippen LogP contribution in [0.1, 0.15) is 111 Å². The van der Waals surface area contributed by atoms with Crippen LogP contribution in [0, 0.1) is 39.5 Å². The molecular weight excluding hydrogens is 929 g/mol. The molecule has 2 unspecified atom stereocenters. The van der Waals surface area contributed by atoms with Gasteiger partial charge >= 0.3 is 11.9 Å². The summed E-state index contributed by atoms with van der Waals surface area (Å²) in [6, 6.07) is 18.7. The van der Waals surface area contributed by atoms with Crippen molar-refractivity contribution in [3.05, 3.63) is 164 Å². The lowest BCUT2D eigenvalue weighted by Gasteiger charge is -2.25. The first-order chi connectivity index (χ1) is 34.7. The highest BCUT2D eigenvalue weighted by atomic mass is 16.5. The summed E-state index contributed by atoms with van der Waals surface area (Å²) in [7, 11) is 4.50. The molecule has 4 heterocycles. The second-order valence-electron chi connectivity index (χ2n) is 19.0. The molecule has 2 amide bonds. The van der Waals surface area contributed by atoms with Crippen molar-refractivity contribution < 1.29 is 38.5 Å². The molecule has 16 nitrogen and oxygen atoms in total. The van der Waals surface area contributed by atoms with E-state index >= 15 is 0 Å². The number of hydrogen-bond donors (Lipinski definition) is 3. The van der Waals surface area contributed by atoms with Crippen LogP contribution >= 0.6 is 0 Å². The van der Waals surface area contributed by atoms with Crippen molar-refractivity contribution in [1.29, 1.82) is 0 Å². The third kappa shape index (κ3) is 15.1. The lowest BCUT2D eigenvalue weighted by molar-refractivity contribution is -0.142. The Bertz CT molecular complexity index is 3020. The number of esters is 1. The molecule has 386 valence electrons. The molecule has 0 saturated carbocycles. The van der Waals surface area contributed by atoms with Gasteiger partial charge in [-0.2, -0.15) is 0 Å². The first kappa shape index (κ1) is 56.0. The number of nitrogens with zero attached hydrogens (tertiary/aromatic N) is 4. The van der Waals surface area contributed by atoms with E-state index in [0.717, 1.165) is 44.5 Å². The fourth-order valence-corrected chi connectivity index (χ4v) is 8.68. The lowest BCUT2D eigenvalue weighted by Crippen LogP contribution is -2.40. The van der Waals surface area contributed by atoms with Crippen molar-refractivity contribution in [2.24, 2.45) is 11.8 Å². The first-order valence-electron chi connectivity index (χ1n) is 24.2. The number of aliphatic carboxylic acids is 1. The molecule has 0 aliphatic heterocycles. The number of aromatic nitrogens is 4. The maximum Gasteiger partial charge on any atom is 0.307 e. The number of rotatable bonds is 20. The van der Waals surface area contributed by atoms with E-state index in [0.29, 0.717) is 35.5 Å². The van der Waals surface area contributed by atoms with E-state index in [-0.39, 0.29) is 41.7 Å². The van der Waals surface area contributed by atoms with E-state index in [1.807, 2.05) is 104 Å². The highest BCUT2D eigenvalue weighted by Crippen LogP contribution is 2.36. The Morgan fingerprint density at radius 3 is 1.36 bits per heavy atom. The van der Waals surface area contributed by atoms with Gasteiger partial charge in [-0.05, 0) is 122 Å². The fraction of sp³-hybridized carbons (Fsp3) is 0.368. The van der Waals surface area contributed by atoms with Crippen LogP contribution in [-0.2, 0) is 23.9 Å². The highest BCUT2D eigenvalue weighted by molar-refractivity contribution is 5.83. The highest BCUT2D eigenvalue weighted by Gasteiger charge is 2.29. The third-order valence-electron chi connectivity index (χ3n) is 12.3. The van der Waals surface area contributed by atoms with Crippen LogP contribution in [0.3, 0.4) is 0 Å². The molecule has 0 radical (unpaired) electrons. The molecule has 0 spiro atoms. The Balaban J connectivity index is 0.000000271. The summed E-state index contributed by atoms with van der Waals surface area (Å²) >= 11 is 0. The Labute approximate surface area is 426 Å². The monoisotopic (exact) mass is 996 g/mol. The van der Waals surface area contributed by atoms with Crippen LogP contribution in [0.4, 0.5) is 0 Å². The largest absolute Gasteiger partial charge is 0.496 e. The quantitative estimate of drug-likeness (QED) is 0.0612. The van der Waals surface area contributed by atoms with Crippen LogP contribution in [0.15, 0.2) is 120 Å². The number of carboxylic acid groups (broad SMARTS) is 1. The van der Waals surface area contributed by atoms with Gasteiger partial charge < -0.3 is 39.1 Å². The zero-order valence-corrected chi connectivity index (χ0v) is 43.6. The van der Waals surface area contributed by atoms with Gasteiger partial charge in [-0.3, -0.25) is 38.7 Å². The summed E-state index contributed by atoms with van der Waals surface area (Å²) in [5.41, 5.74) is 7.54. The molecule has 0 fully saturated rings. The van der Waals surface area contributed by atoms with E-state index in [1.165, 1.54) is 28.4 Å². The Morgan fingerprint density at radius 1 is 0.589 bits per heavy atom. The number of ether oxygens (including phenoxy) is 3. The molecule has 6 rings (SSSR count). The van der Waals surface area contributed by atoms with Crippen molar-refractivity contribution in [2.75, 3.05) is 21.3 Å². The number of amides is 2. The van der Waals surface area contributed by atoms with E-state index in [9.17, 15) is 33.9 Å². The number of carbonyl (C=O) groups is 4. The second-order valence-corrected chi connectivity index (χ2v) is 19.0. The minimum Gasteiger partial charge on any atom is -0.496 e. The Hall–Kier alpha value is -7.88. The van der Waals surface area contributed by atoms with Gasteiger partial charge in [0.25, 0.3) is 11.1 Å². The maximum absolute atomic E-state index is 13.6. The number of hydrogen-bond acceptors (Lipinski definition) is 11. The molecule has 0 aliphatic rings. The van der Waals surface area contributed by atoms with Crippen LogP contribution in [0.25, 0.3) is 22.3 Å². The number of methoxy groups -OCH3 is 3. The van der Waals surface area contributed by atoms with E-state index in [1.54, 1.807) is 63.5 Å². The zero-order chi connectivity index (χ0) is 53.5. The van der Waals surface area contributed by atoms with Gasteiger partial charge in [-0.25, -0.2) is 0 Å². The van der Waals surface area contributed by atoms with Crippen LogP contribution < -0.4 is 31.2 Å². The molecule has 2 aromatic carbocycles. The van der Waals surface area contributed by atoms with Crippen molar-refractivity contribution in [3.63, 3.8) is 0 Å². The molecule has 3 N–H and O–H groups in total. The average molecular weight is 997 g/mol. The van der Waals surface area contributed by atoms with E-state index < -0.39 is 42.0 Å². The normalized spacial score (nSPS) is 12.7. The summed E-state index contributed by atoms with van der Waals surface area (Å²) in [6.45, 7) is 15.5. The van der Waals surface area contributed by atoms with Gasteiger partial charge in [0.05, 0.1) is 46.3 Å². The van der Waals surface area contributed by atoms with Gasteiger partial charge in [0.15, 0.2) is 0 Å². The first-order valence-corrected chi connectivity index (χ1v) is 24.2. The molecule has 73 heavy (non-hydrogen) atoms. The number of nitrogens with one attached hydrogen (secondary N) is 2. The summed E-state index contributed by atoms with van der Waals surface area (Å²) in [5.74, 6) is -0.657. The van der Waals surface area contributed by atoms with Crippen molar-refractivity contribution >= 4 is 23.8 Å². The minimum atomic E-state index is -1.06. The van der Waals surface area contributed by atoms with Crippen LogP contribution in [0.5, 0.6) is 11.5 Å². The molecule has 0 aliphatic carbocycles. The number of benzene rings is 2. The Kier molecular flexibility index (Phi) is 20.0. The molecule has 16 heteroatoms. The zero-order valence-electron chi connectivity index (χ0n) is 43.6. The van der Waals surface area contributed by atoms with Crippen molar-refractivity contribution in [1.82, 2.24) is 29.7 Å². The lowest BCUT2D eigenvalue weighted by atomic mass is 9.96. The Morgan fingerprint density at radius 2 is 1.00 bits per heavy atom. The molecule has 4 aromatic heterocycles. The van der Waals surface area contributed by atoms with Crippen molar-refractivity contribution in [3.8, 4) is 33.8 Å². The third-order valence-corrected chi connectivity index (χ3v) is 12.3. The molecule has 4 atom stereocenters. The van der Waals surface area contributed by atoms with Gasteiger partial charge in [-0.1, -0.05) is 52.0 Å². The smallest absolute Gasteiger partial charge is 0.307 e. The average Bonchev–Trinajstić information content (AvgIpc) is 3.34. The van der Waals surface area contributed by atoms with Crippen LogP contribution in [-0.4, -0.2) is 69.3 Å². The number of pyridine rings is 4. The summed E-state index contributed by atoms with van der Waals surface area (Å²) in [6.07, 6.45) is 10.3. The van der Waals surface area contributed by atoms with Crippen molar-refractivity contribution in [2.45, 2.75) is 105 Å². The van der Waals surface area contributed by atoms with Gasteiger partial charge in [0.2, 0.25) is 11.8 Å². The fourth-order valence-electron chi connectivity index (χ4n) is 8.68. The predicted octanol–water partition coefficient (Wildman–Crippen LogP) is 9.00. The molecule has 6 aromatic rings. The number of carbonyl (C=O) groups excluding carboxylic acids is 3. The van der Waals surface area contributed by atoms with Crippen LogP contribution in [0.2, 0.25) is 0 Å². The molecular formula is C57H68N6O10. The predicted molar refractivity (Wildman–Crippen MR) is 280 cm³/mol. The number of aryl methyl sites for hydroxylation is 4. The second kappa shape index (κ2) is 26.0. The molecule has 0 bridgehead atoms. The van der Waals surface area contributed by atoms with E-state index in [2.05, 4.69) is 20.6 Å². The number of carboxylic acids is 1. The van der Waals surface area contributed by atoms with Gasteiger partial charge in [0, 0.05) is 71.6 Å².